The third-order valence-electron chi connectivity index (χ3n) is 5.73. The Hall–Kier alpha value is -2.79. The Bertz CT molecular complexity index is 1030. The monoisotopic (exact) mass is 390 g/mol. The molecule has 28 heavy (non-hydrogen) atoms. The third-order valence-corrected chi connectivity index (χ3v) is 6.93. The Morgan fingerprint density at radius 1 is 0.893 bits per heavy atom. The average Bonchev–Trinajstić information content (AvgIpc) is 3.19. The SMILES string of the molecule is O=C(c1cc2c(s1)-c1ccccc1CC2)N1CCN(c2ccccc2O)CC1. The van der Waals surface area contributed by atoms with Crippen molar-refractivity contribution in [1.82, 2.24) is 4.90 Å². The maximum atomic E-state index is 13.1. The van der Waals surface area contributed by atoms with Gasteiger partial charge in [0.2, 0.25) is 0 Å². The highest BCUT2D eigenvalue weighted by Crippen LogP contribution is 2.40. The minimum Gasteiger partial charge on any atom is -0.506 e. The van der Waals surface area contributed by atoms with Crippen LogP contribution in [-0.4, -0.2) is 42.1 Å². The quantitative estimate of drug-likeness (QED) is 0.714. The molecule has 0 bridgehead atoms. The zero-order valence-corrected chi connectivity index (χ0v) is 16.4. The van der Waals surface area contributed by atoms with Gasteiger partial charge in [0, 0.05) is 31.1 Å². The van der Waals surface area contributed by atoms with E-state index in [9.17, 15) is 9.90 Å². The van der Waals surface area contributed by atoms with Gasteiger partial charge in [0.05, 0.1) is 10.6 Å². The molecule has 5 rings (SSSR count). The minimum absolute atomic E-state index is 0.133. The second kappa shape index (κ2) is 6.99. The number of carbonyl (C=O) groups excluding carboxylic acids is 1. The molecule has 0 spiro atoms. The highest BCUT2D eigenvalue weighted by molar-refractivity contribution is 7.17. The van der Waals surface area contributed by atoms with E-state index in [1.54, 1.807) is 17.4 Å². The Morgan fingerprint density at radius 3 is 2.43 bits per heavy atom. The molecule has 0 atom stereocenters. The fourth-order valence-electron chi connectivity index (χ4n) is 4.21. The number of hydrogen-bond acceptors (Lipinski definition) is 4. The molecule has 5 heteroatoms. The van der Waals surface area contributed by atoms with E-state index in [-0.39, 0.29) is 5.91 Å². The summed E-state index contributed by atoms with van der Waals surface area (Å²) in [7, 11) is 0. The maximum absolute atomic E-state index is 13.1. The maximum Gasteiger partial charge on any atom is 0.264 e. The summed E-state index contributed by atoms with van der Waals surface area (Å²) >= 11 is 1.63. The zero-order chi connectivity index (χ0) is 19.1. The Balaban J connectivity index is 1.32. The first-order valence-electron chi connectivity index (χ1n) is 9.74. The molecule has 1 aromatic heterocycles. The van der Waals surface area contributed by atoms with Gasteiger partial charge in [-0.05, 0) is 47.7 Å². The van der Waals surface area contributed by atoms with Gasteiger partial charge in [0.15, 0.2) is 0 Å². The lowest BCUT2D eigenvalue weighted by Crippen LogP contribution is -2.48. The number of carbonyl (C=O) groups is 1. The number of nitrogens with zero attached hydrogens (tertiary/aromatic N) is 2. The van der Waals surface area contributed by atoms with Crippen molar-refractivity contribution in [3.8, 4) is 16.2 Å². The number of aryl methyl sites for hydroxylation is 2. The van der Waals surface area contributed by atoms with Crippen molar-refractivity contribution in [2.75, 3.05) is 31.1 Å². The van der Waals surface area contributed by atoms with Crippen molar-refractivity contribution in [1.29, 1.82) is 0 Å². The summed E-state index contributed by atoms with van der Waals surface area (Å²) < 4.78 is 0. The van der Waals surface area contributed by atoms with Crippen LogP contribution in [0.25, 0.3) is 10.4 Å². The smallest absolute Gasteiger partial charge is 0.264 e. The van der Waals surface area contributed by atoms with Crippen molar-refractivity contribution in [3.05, 3.63) is 70.6 Å². The number of para-hydroxylation sites is 2. The number of piperazine rings is 1. The summed E-state index contributed by atoms with van der Waals surface area (Å²) in [5.74, 6) is 0.431. The first-order chi connectivity index (χ1) is 13.7. The van der Waals surface area contributed by atoms with Crippen LogP contribution in [0.2, 0.25) is 0 Å². The number of anilines is 1. The van der Waals surface area contributed by atoms with Crippen LogP contribution in [0.5, 0.6) is 5.75 Å². The number of rotatable bonds is 2. The number of amides is 1. The molecule has 1 amide bonds. The van der Waals surface area contributed by atoms with E-state index >= 15 is 0 Å². The van der Waals surface area contributed by atoms with Crippen LogP contribution in [0, 0.1) is 0 Å². The van der Waals surface area contributed by atoms with Crippen LogP contribution >= 0.6 is 11.3 Å². The Kier molecular flexibility index (Phi) is 4.32. The second-order valence-electron chi connectivity index (χ2n) is 7.39. The lowest BCUT2D eigenvalue weighted by molar-refractivity contribution is 0.0751. The lowest BCUT2D eigenvalue weighted by Gasteiger charge is -2.36. The number of benzene rings is 2. The van der Waals surface area contributed by atoms with Crippen LogP contribution in [-0.2, 0) is 12.8 Å². The molecule has 2 heterocycles. The molecule has 1 aliphatic heterocycles. The molecule has 0 radical (unpaired) electrons. The van der Waals surface area contributed by atoms with Gasteiger partial charge in [-0.15, -0.1) is 11.3 Å². The molecule has 1 saturated heterocycles. The topological polar surface area (TPSA) is 43.8 Å². The largest absolute Gasteiger partial charge is 0.506 e. The van der Waals surface area contributed by atoms with Gasteiger partial charge in [-0.25, -0.2) is 0 Å². The van der Waals surface area contributed by atoms with Crippen molar-refractivity contribution < 1.29 is 9.90 Å². The van der Waals surface area contributed by atoms with Gasteiger partial charge < -0.3 is 14.9 Å². The predicted molar refractivity (Wildman–Crippen MR) is 113 cm³/mol. The van der Waals surface area contributed by atoms with Crippen LogP contribution < -0.4 is 4.90 Å². The number of hydrogen-bond donors (Lipinski definition) is 1. The van der Waals surface area contributed by atoms with E-state index < -0.39 is 0 Å². The summed E-state index contributed by atoms with van der Waals surface area (Å²) in [5.41, 5.74) is 4.82. The zero-order valence-electron chi connectivity index (χ0n) is 15.6. The van der Waals surface area contributed by atoms with E-state index in [2.05, 4.69) is 35.2 Å². The molecule has 0 saturated carbocycles. The molecule has 2 aromatic carbocycles. The average molecular weight is 391 g/mol. The summed E-state index contributed by atoms with van der Waals surface area (Å²) in [6, 6.07) is 18.0. The highest BCUT2D eigenvalue weighted by Gasteiger charge is 2.27. The van der Waals surface area contributed by atoms with Crippen LogP contribution in [0.4, 0.5) is 5.69 Å². The van der Waals surface area contributed by atoms with Crippen molar-refractivity contribution >= 4 is 22.9 Å². The van der Waals surface area contributed by atoms with Gasteiger partial charge >= 0.3 is 0 Å². The van der Waals surface area contributed by atoms with E-state index in [0.717, 1.165) is 36.5 Å². The molecule has 1 aliphatic carbocycles. The van der Waals surface area contributed by atoms with E-state index in [0.29, 0.717) is 18.8 Å². The van der Waals surface area contributed by atoms with Gasteiger partial charge in [-0.3, -0.25) is 4.79 Å². The molecular formula is C23H22N2O2S. The number of phenolic OH excluding ortho intramolecular Hbond substituents is 1. The number of aromatic hydroxyl groups is 1. The lowest BCUT2D eigenvalue weighted by atomic mass is 9.91. The van der Waals surface area contributed by atoms with E-state index in [1.807, 2.05) is 23.1 Å². The summed E-state index contributed by atoms with van der Waals surface area (Å²) in [5, 5.41) is 10.1. The van der Waals surface area contributed by atoms with Crippen molar-refractivity contribution in [3.63, 3.8) is 0 Å². The van der Waals surface area contributed by atoms with Gasteiger partial charge in [-0.1, -0.05) is 36.4 Å². The fourth-order valence-corrected chi connectivity index (χ4v) is 5.45. The van der Waals surface area contributed by atoms with Gasteiger partial charge in [0.25, 0.3) is 5.91 Å². The van der Waals surface area contributed by atoms with Crippen LogP contribution in [0.15, 0.2) is 54.6 Å². The molecule has 3 aromatic rings. The summed E-state index contributed by atoms with van der Waals surface area (Å²) in [6.07, 6.45) is 2.06. The number of phenols is 1. The standard InChI is InChI=1S/C23H22N2O2S/c26-20-8-4-3-7-19(20)24-11-13-25(14-12-24)23(27)21-15-17-10-9-16-5-1-2-6-18(16)22(17)28-21/h1-8,15,26H,9-14H2. The van der Waals surface area contributed by atoms with E-state index in [1.165, 1.54) is 21.6 Å². The molecule has 0 unspecified atom stereocenters. The molecule has 2 aliphatic rings. The van der Waals surface area contributed by atoms with Gasteiger partial charge in [-0.2, -0.15) is 0 Å². The minimum atomic E-state index is 0.133. The number of thiophene rings is 1. The van der Waals surface area contributed by atoms with Crippen LogP contribution in [0.1, 0.15) is 20.8 Å². The normalized spacial score (nSPS) is 15.9. The van der Waals surface area contributed by atoms with E-state index in [4.69, 9.17) is 0 Å². The molecular weight excluding hydrogens is 368 g/mol. The molecule has 1 fully saturated rings. The Morgan fingerprint density at radius 2 is 1.61 bits per heavy atom. The molecule has 1 N–H and O–H groups in total. The van der Waals surface area contributed by atoms with Gasteiger partial charge in [0.1, 0.15) is 5.75 Å². The fraction of sp³-hybridized carbons (Fsp3) is 0.261. The van der Waals surface area contributed by atoms with Crippen molar-refractivity contribution in [2.45, 2.75) is 12.8 Å². The highest BCUT2D eigenvalue weighted by atomic mass is 32.1. The molecule has 142 valence electrons. The van der Waals surface area contributed by atoms with Crippen LogP contribution in [0.3, 0.4) is 0 Å². The summed E-state index contributed by atoms with van der Waals surface area (Å²) in [4.78, 5) is 19.3. The Labute approximate surface area is 168 Å². The first-order valence-corrected chi connectivity index (χ1v) is 10.6. The number of fused-ring (bicyclic) bond motifs is 3. The summed E-state index contributed by atoms with van der Waals surface area (Å²) in [6.45, 7) is 2.81. The van der Waals surface area contributed by atoms with Crippen molar-refractivity contribution in [2.24, 2.45) is 0 Å². The predicted octanol–water partition coefficient (Wildman–Crippen LogP) is 4.18. The molecule has 4 nitrogen and oxygen atoms in total. The second-order valence-corrected chi connectivity index (χ2v) is 8.44. The third kappa shape index (κ3) is 2.96. The first kappa shape index (κ1) is 17.3.